The van der Waals surface area contributed by atoms with E-state index in [1.165, 1.54) is 18.2 Å². The van der Waals surface area contributed by atoms with Gasteiger partial charge in [-0.15, -0.1) is 0 Å². The Bertz CT molecular complexity index is 1020. The summed E-state index contributed by atoms with van der Waals surface area (Å²) in [5.41, 5.74) is 2.36. The molecule has 0 N–H and O–H groups in total. The molecule has 0 aliphatic carbocycles. The molecule has 0 heterocycles. The van der Waals surface area contributed by atoms with E-state index in [9.17, 15) is 14.4 Å². The normalized spacial score (nSPS) is 11.2. The molecule has 0 saturated heterocycles. The van der Waals surface area contributed by atoms with Crippen molar-refractivity contribution in [2.75, 3.05) is 0 Å². The monoisotopic (exact) mass is 650 g/mol. The Morgan fingerprint density at radius 1 is 0.471 bits per heavy atom. The third kappa shape index (κ3) is 9.35. The van der Waals surface area contributed by atoms with E-state index < -0.39 is 41.0 Å². The van der Waals surface area contributed by atoms with Crippen LogP contribution in [0.2, 0.25) is 0 Å². The molecule has 0 aromatic heterocycles. The second-order valence-corrected chi connectivity index (χ2v) is 10.6. The van der Waals surface area contributed by atoms with Crippen molar-refractivity contribution in [3.05, 3.63) is 126 Å². The number of hydrogen-bond donors (Lipinski definition) is 0. The van der Waals surface area contributed by atoms with Crippen molar-refractivity contribution in [1.82, 2.24) is 0 Å². The molecule has 3 rings (SSSR count). The van der Waals surface area contributed by atoms with Gasteiger partial charge in [-0.2, -0.15) is 0 Å². The Morgan fingerprint density at radius 3 is 1.00 bits per heavy atom. The Hall–Kier alpha value is -3.83. The molecule has 0 saturated carbocycles. The second kappa shape index (κ2) is 13.7. The third-order valence-corrected chi connectivity index (χ3v) is 7.96. The van der Waals surface area contributed by atoms with E-state index in [-0.39, 0.29) is 0 Å². The van der Waals surface area contributed by atoms with E-state index in [0.717, 1.165) is 16.7 Å². The van der Waals surface area contributed by atoms with Gasteiger partial charge in [0.2, 0.25) is 0 Å². The maximum absolute atomic E-state index is 12.3. The van der Waals surface area contributed by atoms with Crippen molar-refractivity contribution in [1.29, 1.82) is 0 Å². The number of rotatable bonds is 9. The summed E-state index contributed by atoms with van der Waals surface area (Å²) in [5.74, 6) is -2.29. The first-order valence-electron chi connectivity index (χ1n) is 10.2. The molecular formula is C27H21BiO6. The molecule has 6 nitrogen and oxygen atoms in total. The molecular weight excluding hydrogens is 629 g/mol. The summed E-state index contributed by atoms with van der Waals surface area (Å²) in [5, 5.41) is 0. The molecule has 0 spiro atoms. The van der Waals surface area contributed by atoms with Crippen LogP contribution in [0.1, 0.15) is 16.7 Å². The first-order chi connectivity index (χ1) is 16.6. The Labute approximate surface area is 207 Å². The fourth-order valence-corrected chi connectivity index (χ4v) is 5.41. The Morgan fingerprint density at radius 2 is 0.735 bits per heavy atom. The SMILES string of the molecule is O=C(C=Cc1ccccc1)[O][Bi]([O]C(=O)C=Cc1ccccc1)[O]C(=O)C=Cc1ccccc1. The molecule has 34 heavy (non-hydrogen) atoms. The predicted octanol–water partition coefficient (Wildman–Crippen LogP) is 4.74. The van der Waals surface area contributed by atoms with Crippen molar-refractivity contribution >= 4 is 59.2 Å². The topological polar surface area (TPSA) is 78.9 Å². The minimum atomic E-state index is -4.24. The van der Waals surface area contributed by atoms with Gasteiger partial charge in [-0.3, -0.25) is 0 Å². The van der Waals surface area contributed by atoms with Crippen molar-refractivity contribution in [3.8, 4) is 0 Å². The van der Waals surface area contributed by atoms with Crippen molar-refractivity contribution in [2.24, 2.45) is 0 Å². The van der Waals surface area contributed by atoms with Crippen LogP contribution in [0.3, 0.4) is 0 Å². The van der Waals surface area contributed by atoms with Gasteiger partial charge in [0, 0.05) is 0 Å². The standard InChI is InChI=1S/3C9H8O2.Bi/c3*10-9(11)7-6-8-4-2-1-3-5-8;/h3*1-7H,(H,10,11);/q;;;+3/p-3. The van der Waals surface area contributed by atoms with Gasteiger partial charge in [0.25, 0.3) is 0 Å². The minimum absolute atomic E-state index is 0.763. The number of carbonyl (C=O) groups excluding carboxylic acids is 3. The molecule has 0 unspecified atom stereocenters. The number of carbonyl (C=O) groups is 3. The van der Waals surface area contributed by atoms with Gasteiger partial charge in [0.05, 0.1) is 0 Å². The van der Waals surface area contributed by atoms with Crippen LogP contribution in [0.5, 0.6) is 0 Å². The third-order valence-electron chi connectivity index (χ3n) is 4.13. The first-order valence-corrected chi connectivity index (χ1v) is 14.5. The van der Waals surface area contributed by atoms with E-state index >= 15 is 0 Å². The molecule has 0 bridgehead atoms. The van der Waals surface area contributed by atoms with E-state index in [1.807, 2.05) is 91.0 Å². The summed E-state index contributed by atoms with van der Waals surface area (Å²) in [6.07, 6.45) is 8.24. The van der Waals surface area contributed by atoms with Gasteiger partial charge in [-0.25, -0.2) is 0 Å². The summed E-state index contributed by atoms with van der Waals surface area (Å²) in [7, 11) is 0. The maximum atomic E-state index is 12.3. The van der Waals surface area contributed by atoms with Gasteiger partial charge in [0.15, 0.2) is 0 Å². The van der Waals surface area contributed by atoms with E-state index in [4.69, 9.17) is 8.44 Å². The molecule has 0 aliphatic heterocycles. The fourth-order valence-electron chi connectivity index (χ4n) is 2.55. The summed E-state index contributed by atoms with van der Waals surface area (Å²) >= 11 is -4.24. The van der Waals surface area contributed by atoms with Gasteiger partial charge in [-0.1, -0.05) is 0 Å². The van der Waals surface area contributed by atoms with Gasteiger partial charge in [-0.05, 0) is 0 Å². The molecule has 3 aromatic carbocycles. The quantitative estimate of drug-likeness (QED) is 0.246. The van der Waals surface area contributed by atoms with Crippen molar-refractivity contribution in [2.45, 2.75) is 0 Å². The average molecular weight is 650 g/mol. The van der Waals surface area contributed by atoms with Crippen LogP contribution in [0, 0.1) is 0 Å². The average Bonchev–Trinajstić information content (AvgIpc) is 2.87. The summed E-state index contributed by atoms with van der Waals surface area (Å²) in [6.45, 7) is 0. The molecule has 170 valence electrons. The van der Waals surface area contributed by atoms with Crippen molar-refractivity contribution < 1.29 is 22.8 Å². The molecule has 0 amide bonds. The van der Waals surface area contributed by atoms with Crippen LogP contribution in [-0.4, -0.2) is 41.0 Å². The van der Waals surface area contributed by atoms with E-state index in [2.05, 4.69) is 0 Å². The fraction of sp³-hybridized carbons (Fsp3) is 0. The zero-order chi connectivity index (χ0) is 24.0. The Balaban J connectivity index is 1.65. The first kappa shape index (κ1) is 24.8. The van der Waals surface area contributed by atoms with Crippen LogP contribution in [0.15, 0.2) is 109 Å². The van der Waals surface area contributed by atoms with Gasteiger partial charge < -0.3 is 0 Å². The van der Waals surface area contributed by atoms with Crippen LogP contribution in [0.4, 0.5) is 0 Å². The summed E-state index contributed by atoms with van der Waals surface area (Å²) < 4.78 is 15.7. The summed E-state index contributed by atoms with van der Waals surface area (Å²) in [4.78, 5) is 36.8. The van der Waals surface area contributed by atoms with Crippen LogP contribution in [-0.2, 0) is 22.8 Å². The zero-order valence-electron chi connectivity index (χ0n) is 18.0. The predicted molar refractivity (Wildman–Crippen MR) is 130 cm³/mol. The Kier molecular flexibility index (Phi) is 9.97. The molecule has 0 fully saturated rings. The molecule has 3 aromatic rings. The van der Waals surface area contributed by atoms with E-state index in [0.29, 0.717) is 0 Å². The van der Waals surface area contributed by atoms with E-state index in [1.54, 1.807) is 18.2 Å². The number of benzene rings is 3. The van der Waals surface area contributed by atoms with Gasteiger partial charge in [0.1, 0.15) is 0 Å². The zero-order valence-corrected chi connectivity index (χ0v) is 21.5. The van der Waals surface area contributed by atoms with Crippen LogP contribution < -0.4 is 0 Å². The molecule has 0 radical (unpaired) electrons. The number of hydrogen-bond acceptors (Lipinski definition) is 6. The van der Waals surface area contributed by atoms with Gasteiger partial charge >= 0.3 is 208 Å². The molecule has 0 aliphatic rings. The van der Waals surface area contributed by atoms with Crippen LogP contribution in [0.25, 0.3) is 18.2 Å². The molecule has 7 heteroatoms. The summed E-state index contributed by atoms with van der Waals surface area (Å²) in [6, 6.07) is 27.4. The van der Waals surface area contributed by atoms with Crippen LogP contribution >= 0.6 is 0 Å². The molecule has 0 atom stereocenters. The van der Waals surface area contributed by atoms with Crippen molar-refractivity contribution in [3.63, 3.8) is 0 Å². The second-order valence-electron chi connectivity index (χ2n) is 6.69.